The number of nitrogens with one attached hydrogen (secondary N) is 1. The number of fused-ring (bicyclic) bond motifs is 1. The fraction of sp³-hybridized carbons (Fsp3) is 0.333. The number of hydrogen-bond acceptors (Lipinski definition) is 2. The van der Waals surface area contributed by atoms with E-state index in [9.17, 15) is 0 Å². The number of rotatable bonds is 3. The van der Waals surface area contributed by atoms with Gasteiger partial charge in [0, 0.05) is 16.5 Å². The highest BCUT2D eigenvalue weighted by atomic mass is 79.9. The third-order valence-electron chi connectivity index (χ3n) is 2.27. The van der Waals surface area contributed by atoms with Gasteiger partial charge >= 0.3 is 0 Å². The Labute approximate surface area is 108 Å². The summed E-state index contributed by atoms with van der Waals surface area (Å²) >= 11 is 9.42. The molecule has 1 N–H and O–H groups in total. The van der Waals surface area contributed by atoms with E-state index in [1.807, 2.05) is 18.2 Å². The van der Waals surface area contributed by atoms with Gasteiger partial charge in [-0.1, -0.05) is 25.4 Å². The second-order valence-electron chi connectivity index (χ2n) is 4.05. The number of hydrogen-bond donors (Lipinski definition) is 1. The molecule has 1 aromatic carbocycles. The maximum atomic E-state index is 5.97. The SMILES string of the molecule is CC(C)NCc1cc2cc(Cl)cc(Br)c2o1. The lowest BCUT2D eigenvalue weighted by Crippen LogP contribution is -2.21. The quantitative estimate of drug-likeness (QED) is 0.912. The van der Waals surface area contributed by atoms with Crippen molar-refractivity contribution in [3.8, 4) is 0 Å². The van der Waals surface area contributed by atoms with Crippen LogP contribution in [-0.2, 0) is 6.54 Å². The van der Waals surface area contributed by atoms with Gasteiger partial charge in [-0.3, -0.25) is 0 Å². The summed E-state index contributed by atoms with van der Waals surface area (Å²) in [6, 6.07) is 6.21. The fourth-order valence-corrected chi connectivity index (χ4v) is 2.44. The van der Waals surface area contributed by atoms with Crippen molar-refractivity contribution in [1.82, 2.24) is 5.32 Å². The van der Waals surface area contributed by atoms with Crippen LogP contribution >= 0.6 is 27.5 Å². The topological polar surface area (TPSA) is 25.2 Å². The first-order chi connectivity index (χ1) is 7.56. The summed E-state index contributed by atoms with van der Waals surface area (Å²) in [4.78, 5) is 0. The molecule has 2 aromatic rings. The molecule has 1 heterocycles. The minimum atomic E-state index is 0.445. The van der Waals surface area contributed by atoms with Crippen molar-refractivity contribution in [2.75, 3.05) is 0 Å². The van der Waals surface area contributed by atoms with Crippen LogP contribution in [0.1, 0.15) is 19.6 Å². The van der Waals surface area contributed by atoms with E-state index >= 15 is 0 Å². The Bertz CT molecular complexity index is 507. The fourth-order valence-electron chi connectivity index (χ4n) is 1.52. The molecule has 86 valence electrons. The van der Waals surface area contributed by atoms with Crippen molar-refractivity contribution in [3.63, 3.8) is 0 Å². The molecular formula is C12H13BrClNO. The van der Waals surface area contributed by atoms with Crippen LogP contribution in [0.5, 0.6) is 0 Å². The first-order valence-corrected chi connectivity index (χ1v) is 6.34. The van der Waals surface area contributed by atoms with Gasteiger partial charge in [0.1, 0.15) is 11.3 Å². The monoisotopic (exact) mass is 301 g/mol. The number of benzene rings is 1. The molecule has 0 aliphatic rings. The lowest BCUT2D eigenvalue weighted by Gasteiger charge is -2.04. The molecule has 0 radical (unpaired) electrons. The minimum Gasteiger partial charge on any atom is -0.459 e. The molecule has 0 aliphatic heterocycles. The summed E-state index contributed by atoms with van der Waals surface area (Å²) in [6.45, 7) is 4.95. The Morgan fingerprint density at radius 1 is 1.38 bits per heavy atom. The Morgan fingerprint density at radius 2 is 2.12 bits per heavy atom. The largest absolute Gasteiger partial charge is 0.459 e. The Morgan fingerprint density at radius 3 is 2.81 bits per heavy atom. The van der Waals surface area contributed by atoms with Crippen molar-refractivity contribution < 1.29 is 4.42 Å². The van der Waals surface area contributed by atoms with Crippen LogP contribution < -0.4 is 5.32 Å². The first kappa shape index (κ1) is 12.0. The molecule has 2 nitrogen and oxygen atoms in total. The molecule has 4 heteroatoms. The van der Waals surface area contributed by atoms with E-state index in [2.05, 4.69) is 35.1 Å². The van der Waals surface area contributed by atoms with Gasteiger partial charge in [0.25, 0.3) is 0 Å². The smallest absolute Gasteiger partial charge is 0.148 e. The van der Waals surface area contributed by atoms with E-state index in [4.69, 9.17) is 16.0 Å². The average Bonchev–Trinajstić information content (AvgIpc) is 2.57. The zero-order chi connectivity index (χ0) is 11.7. The third kappa shape index (κ3) is 2.59. The maximum absolute atomic E-state index is 5.97. The lowest BCUT2D eigenvalue weighted by atomic mass is 10.2. The van der Waals surface area contributed by atoms with Gasteiger partial charge in [0.2, 0.25) is 0 Å². The molecule has 1 aromatic heterocycles. The van der Waals surface area contributed by atoms with Gasteiger partial charge in [0.05, 0.1) is 11.0 Å². The van der Waals surface area contributed by atoms with E-state index in [-0.39, 0.29) is 0 Å². The van der Waals surface area contributed by atoms with E-state index in [1.54, 1.807) is 0 Å². The second kappa shape index (κ2) is 4.78. The number of furan rings is 1. The molecular weight excluding hydrogens is 289 g/mol. The van der Waals surface area contributed by atoms with Crippen molar-refractivity contribution in [3.05, 3.63) is 33.5 Å². The Balaban J connectivity index is 2.33. The molecule has 0 unspecified atom stereocenters. The molecule has 16 heavy (non-hydrogen) atoms. The van der Waals surface area contributed by atoms with Gasteiger partial charge in [-0.05, 0) is 34.1 Å². The van der Waals surface area contributed by atoms with Gasteiger partial charge in [-0.15, -0.1) is 0 Å². The average molecular weight is 303 g/mol. The highest BCUT2D eigenvalue weighted by molar-refractivity contribution is 9.10. The number of halogens is 2. The van der Waals surface area contributed by atoms with Crippen LogP contribution in [0.15, 0.2) is 27.1 Å². The molecule has 0 aliphatic carbocycles. The molecule has 0 fully saturated rings. The minimum absolute atomic E-state index is 0.445. The van der Waals surface area contributed by atoms with Crippen molar-refractivity contribution in [2.24, 2.45) is 0 Å². The van der Waals surface area contributed by atoms with Crippen LogP contribution in [0.2, 0.25) is 5.02 Å². The molecule has 0 saturated heterocycles. The summed E-state index contributed by atoms with van der Waals surface area (Å²) in [5.74, 6) is 0.923. The summed E-state index contributed by atoms with van der Waals surface area (Å²) < 4.78 is 6.63. The van der Waals surface area contributed by atoms with E-state index in [0.717, 1.165) is 27.7 Å². The predicted molar refractivity (Wildman–Crippen MR) is 70.9 cm³/mol. The van der Waals surface area contributed by atoms with Crippen LogP contribution in [0.25, 0.3) is 11.0 Å². The van der Waals surface area contributed by atoms with Crippen molar-refractivity contribution >= 4 is 38.5 Å². The van der Waals surface area contributed by atoms with Gasteiger partial charge < -0.3 is 9.73 Å². The van der Waals surface area contributed by atoms with Crippen molar-refractivity contribution in [2.45, 2.75) is 26.4 Å². The molecule has 2 rings (SSSR count). The van der Waals surface area contributed by atoms with E-state index < -0.39 is 0 Å². The Hall–Kier alpha value is -0.510. The zero-order valence-electron chi connectivity index (χ0n) is 9.18. The van der Waals surface area contributed by atoms with E-state index in [0.29, 0.717) is 11.1 Å². The second-order valence-corrected chi connectivity index (χ2v) is 5.35. The van der Waals surface area contributed by atoms with Crippen LogP contribution in [0, 0.1) is 0 Å². The molecule has 0 bridgehead atoms. The van der Waals surface area contributed by atoms with Crippen LogP contribution in [0.3, 0.4) is 0 Å². The normalized spacial score (nSPS) is 11.6. The maximum Gasteiger partial charge on any atom is 0.148 e. The summed E-state index contributed by atoms with van der Waals surface area (Å²) in [7, 11) is 0. The highest BCUT2D eigenvalue weighted by Crippen LogP contribution is 2.30. The van der Waals surface area contributed by atoms with Gasteiger partial charge in [0.15, 0.2) is 0 Å². The van der Waals surface area contributed by atoms with Gasteiger partial charge in [-0.2, -0.15) is 0 Å². The molecule has 0 amide bonds. The van der Waals surface area contributed by atoms with Crippen molar-refractivity contribution in [1.29, 1.82) is 0 Å². The highest BCUT2D eigenvalue weighted by Gasteiger charge is 2.08. The summed E-state index contributed by atoms with van der Waals surface area (Å²) in [5.41, 5.74) is 0.852. The summed E-state index contributed by atoms with van der Waals surface area (Å²) in [5, 5.41) is 5.05. The third-order valence-corrected chi connectivity index (χ3v) is 3.08. The summed E-state index contributed by atoms with van der Waals surface area (Å²) in [6.07, 6.45) is 0. The Kier molecular flexibility index (Phi) is 3.57. The standard InChI is InChI=1S/C12H13BrClNO/c1-7(2)15-6-10-4-8-3-9(14)5-11(13)12(8)16-10/h3-5,7,15H,6H2,1-2H3. The van der Waals surface area contributed by atoms with Gasteiger partial charge in [-0.25, -0.2) is 0 Å². The zero-order valence-corrected chi connectivity index (χ0v) is 11.5. The first-order valence-electron chi connectivity index (χ1n) is 5.17. The van der Waals surface area contributed by atoms with Crippen LogP contribution in [0.4, 0.5) is 0 Å². The van der Waals surface area contributed by atoms with Crippen LogP contribution in [-0.4, -0.2) is 6.04 Å². The predicted octanol–water partition coefficient (Wildman–Crippen LogP) is 4.35. The van der Waals surface area contributed by atoms with E-state index in [1.165, 1.54) is 0 Å². The molecule has 0 spiro atoms. The molecule has 0 atom stereocenters. The lowest BCUT2D eigenvalue weighted by molar-refractivity contribution is 0.487. The molecule has 0 saturated carbocycles.